The molecular formula is C13H18F2O3Si. The summed E-state index contributed by atoms with van der Waals surface area (Å²) in [6, 6.07) is 4.70. The van der Waals surface area contributed by atoms with Gasteiger partial charge in [0.25, 0.3) is 0 Å². The molecule has 0 aliphatic carbocycles. The van der Waals surface area contributed by atoms with Gasteiger partial charge < -0.3 is 13.9 Å². The van der Waals surface area contributed by atoms with E-state index in [1.807, 2.05) is 19.6 Å². The molecule has 106 valence electrons. The van der Waals surface area contributed by atoms with Gasteiger partial charge in [0, 0.05) is 0 Å². The van der Waals surface area contributed by atoms with Crippen LogP contribution in [0.1, 0.15) is 5.56 Å². The Morgan fingerprint density at radius 3 is 2.11 bits per heavy atom. The Morgan fingerprint density at radius 1 is 1.05 bits per heavy atom. The second-order valence-corrected chi connectivity index (χ2v) is 9.30. The fourth-order valence-electron chi connectivity index (χ4n) is 1.49. The van der Waals surface area contributed by atoms with Crippen molar-refractivity contribution in [1.29, 1.82) is 0 Å². The molecule has 0 fully saturated rings. The van der Waals surface area contributed by atoms with Crippen LogP contribution in [0.15, 0.2) is 24.3 Å². The predicted octanol–water partition coefficient (Wildman–Crippen LogP) is 4.12. The van der Waals surface area contributed by atoms with Crippen LogP contribution in [0.5, 0.6) is 11.5 Å². The third kappa shape index (κ3) is 4.24. The summed E-state index contributed by atoms with van der Waals surface area (Å²) in [7, 11) is 0.733. The Balaban J connectivity index is 3.34. The number of benzene rings is 1. The molecule has 0 N–H and O–H groups in total. The molecule has 0 atom stereocenters. The summed E-state index contributed by atoms with van der Waals surface area (Å²) in [4.78, 5) is 0. The quantitative estimate of drug-likeness (QED) is 0.602. The molecule has 6 heteroatoms. The molecule has 0 heterocycles. The van der Waals surface area contributed by atoms with E-state index in [1.54, 1.807) is 12.1 Å². The first-order valence-corrected chi connectivity index (χ1v) is 9.16. The lowest BCUT2D eigenvalue weighted by atomic mass is 10.1. The summed E-state index contributed by atoms with van der Waals surface area (Å²) in [5, 5.41) is 0. The molecule has 3 nitrogen and oxygen atoms in total. The van der Waals surface area contributed by atoms with Gasteiger partial charge in [-0.05, 0) is 37.8 Å². The molecule has 0 saturated heterocycles. The average molecular weight is 288 g/mol. The maximum atomic E-state index is 13.1. The third-order valence-corrected chi connectivity index (χ3v) is 3.05. The van der Waals surface area contributed by atoms with E-state index in [9.17, 15) is 8.78 Å². The van der Waals surface area contributed by atoms with Gasteiger partial charge in [0.05, 0.1) is 19.8 Å². The van der Waals surface area contributed by atoms with Crippen LogP contribution in [0.4, 0.5) is 8.78 Å². The first-order valence-electron chi connectivity index (χ1n) is 5.75. The molecule has 1 rings (SSSR count). The molecule has 1 aromatic carbocycles. The third-order valence-electron chi connectivity index (χ3n) is 2.23. The summed E-state index contributed by atoms with van der Waals surface area (Å²) in [5.41, 5.74) is 0.198. The van der Waals surface area contributed by atoms with Gasteiger partial charge in [0.2, 0.25) is 8.32 Å². The second-order valence-electron chi connectivity index (χ2n) is 4.87. The number of ether oxygens (including phenoxy) is 2. The van der Waals surface area contributed by atoms with Crippen LogP contribution in [0, 0.1) is 0 Å². The van der Waals surface area contributed by atoms with Gasteiger partial charge in [-0.25, -0.2) is 0 Å². The van der Waals surface area contributed by atoms with E-state index < -0.39 is 20.2 Å². The van der Waals surface area contributed by atoms with Crippen LogP contribution >= 0.6 is 0 Å². The summed E-state index contributed by atoms with van der Waals surface area (Å²) in [5.74, 6) is 0.352. The van der Waals surface area contributed by atoms with E-state index in [1.165, 1.54) is 20.3 Å². The zero-order chi connectivity index (χ0) is 14.6. The largest absolute Gasteiger partial charge is 0.540 e. The van der Waals surface area contributed by atoms with Crippen molar-refractivity contribution in [3.05, 3.63) is 29.8 Å². The Morgan fingerprint density at radius 2 is 1.68 bits per heavy atom. The fraction of sp³-hybridized carbons (Fsp3) is 0.385. The average Bonchev–Trinajstić information content (AvgIpc) is 2.33. The van der Waals surface area contributed by atoms with Crippen molar-refractivity contribution >= 4 is 14.1 Å². The molecule has 0 aliphatic rings. The van der Waals surface area contributed by atoms with Crippen LogP contribution < -0.4 is 9.47 Å². The minimum absolute atomic E-state index is 0.198. The van der Waals surface area contributed by atoms with Crippen LogP contribution in [0.2, 0.25) is 19.6 Å². The van der Waals surface area contributed by atoms with Gasteiger partial charge in [0.1, 0.15) is 11.5 Å². The zero-order valence-electron chi connectivity index (χ0n) is 11.7. The van der Waals surface area contributed by atoms with Gasteiger partial charge >= 0.3 is 6.08 Å². The molecule has 0 bridgehead atoms. The van der Waals surface area contributed by atoms with Gasteiger partial charge in [-0.3, -0.25) is 0 Å². The molecule has 19 heavy (non-hydrogen) atoms. The van der Waals surface area contributed by atoms with Crippen LogP contribution in [0.25, 0.3) is 5.76 Å². The fourth-order valence-corrected chi connectivity index (χ4v) is 2.29. The SMILES string of the molecule is COc1ccc(OC)c(C(O[Si](C)(C)C)=C(F)F)c1. The lowest BCUT2D eigenvalue weighted by Gasteiger charge is -2.22. The van der Waals surface area contributed by atoms with E-state index in [4.69, 9.17) is 13.9 Å². The van der Waals surface area contributed by atoms with Gasteiger partial charge in [-0.2, -0.15) is 8.78 Å². The highest BCUT2D eigenvalue weighted by molar-refractivity contribution is 6.70. The topological polar surface area (TPSA) is 27.7 Å². The Kier molecular flexibility index (Phi) is 4.94. The first-order chi connectivity index (χ1) is 8.78. The number of halogens is 2. The van der Waals surface area contributed by atoms with Crippen molar-refractivity contribution < 1.29 is 22.7 Å². The predicted molar refractivity (Wildman–Crippen MR) is 73.1 cm³/mol. The molecular weight excluding hydrogens is 270 g/mol. The maximum Gasteiger partial charge on any atom is 0.311 e. The van der Waals surface area contributed by atoms with Crippen molar-refractivity contribution in [3.63, 3.8) is 0 Å². The van der Waals surface area contributed by atoms with Crippen LogP contribution in [-0.2, 0) is 4.43 Å². The van der Waals surface area contributed by atoms with Crippen molar-refractivity contribution in [2.45, 2.75) is 19.6 Å². The molecule has 0 spiro atoms. The smallest absolute Gasteiger partial charge is 0.311 e. The van der Waals surface area contributed by atoms with Crippen molar-refractivity contribution in [1.82, 2.24) is 0 Å². The minimum Gasteiger partial charge on any atom is -0.540 e. The van der Waals surface area contributed by atoms with Gasteiger partial charge in [-0.1, -0.05) is 0 Å². The Labute approximate surface area is 112 Å². The lowest BCUT2D eigenvalue weighted by molar-refractivity contribution is 0.374. The van der Waals surface area contributed by atoms with E-state index in [-0.39, 0.29) is 5.56 Å². The summed E-state index contributed by atoms with van der Waals surface area (Å²) >= 11 is 0. The highest BCUT2D eigenvalue weighted by atomic mass is 28.4. The van der Waals surface area contributed by atoms with Gasteiger partial charge in [0.15, 0.2) is 5.76 Å². The summed E-state index contributed by atoms with van der Waals surface area (Å²) in [6.45, 7) is 5.51. The standard InChI is InChI=1S/C13H18F2O3Si/c1-16-9-6-7-11(17-2)10(8-9)12(13(14)15)18-19(3,4)5/h6-8H,1-5H3. The lowest BCUT2D eigenvalue weighted by Crippen LogP contribution is -2.24. The monoisotopic (exact) mass is 288 g/mol. The van der Waals surface area contributed by atoms with Crippen molar-refractivity contribution in [2.75, 3.05) is 14.2 Å². The van der Waals surface area contributed by atoms with E-state index in [0.717, 1.165) is 0 Å². The van der Waals surface area contributed by atoms with Crippen molar-refractivity contribution in [3.8, 4) is 11.5 Å². The molecule has 0 amide bonds. The van der Waals surface area contributed by atoms with E-state index >= 15 is 0 Å². The van der Waals surface area contributed by atoms with Crippen molar-refractivity contribution in [2.24, 2.45) is 0 Å². The normalized spacial score (nSPS) is 10.9. The molecule has 1 aromatic rings. The van der Waals surface area contributed by atoms with E-state index in [2.05, 4.69) is 0 Å². The molecule has 0 unspecified atom stereocenters. The maximum absolute atomic E-state index is 13.1. The number of hydrogen-bond acceptors (Lipinski definition) is 3. The first kappa shape index (κ1) is 15.5. The summed E-state index contributed by atoms with van der Waals surface area (Å²) in [6.07, 6.45) is -1.87. The molecule has 0 aliphatic heterocycles. The summed E-state index contributed by atoms with van der Waals surface area (Å²) < 4.78 is 41.9. The van der Waals surface area contributed by atoms with Gasteiger partial charge in [-0.15, -0.1) is 0 Å². The Bertz CT molecular complexity index is 477. The minimum atomic E-state index is -2.16. The highest BCUT2D eigenvalue weighted by Crippen LogP contribution is 2.35. The molecule has 0 saturated carbocycles. The second kappa shape index (κ2) is 6.05. The van der Waals surface area contributed by atoms with Crippen LogP contribution in [0.3, 0.4) is 0 Å². The highest BCUT2D eigenvalue weighted by Gasteiger charge is 2.24. The number of hydrogen-bond donors (Lipinski definition) is 0. The Hall–Kier alpha value is -1.56. The molecule has 0 aromatic heterocycles. The van der Waals surface area contributed by atoms with Crippen LogP contribution in [-0.4, -0.2) is 22.5 Å². The number of methoxy groups -OCH3 is 2. The number of rotatable bonds is 5. The molecule has 0 radical (unpaired) electrons. The van der Waals surface area contributed by atoms with E-state index in [0.29, 0.717) is 11.5 Å². The zero-order valence-corrected chi connectivity index (χ0v) is 12.7.